The van der Waals surface area contributed by atoms with Gasteiger partial charge in [-0.3, -0.25) is 0 Å². The van der Waals surface area contributed by atoms with Crippen LogP contribution in [-0.2, 0) is 4.12 Å². The summed E-state index contributed by atoms with van der Waals surface area (Å²) in [5.41, 5.74) is 4.18. The van der Waals surface area contributed by atoms with Crippen molar-refractivity contribution < 1.29 is 4.12 Å². The zero-order valence-corrected chi connectivity index (χ0v) is 16.2. The fourth-order valence-electron chi connectivity index (χ4n) is 3.04. The maximum absolute atomic E-state index is 7.04. The van der Waals surface area contributed by atoms with Gasteiger partial charge in [-0.15, -0.1) is 13.2 Å². The van der Waals surface area contributed by atoms with Crippen LogP contribution in [0.1, 0.15) is 13.8 Å². The average molecular weight is 339 g/mol. The molecular formula is C20H26OSi2. The molecule has 2 atom stereocenters. The molecule has 0 aliphatic heterocycles. The molecule has 2 aromatic carbocycles. The fourth-order valence-corrected chi connectivity index (χ4v) is 11.8. The number of rotatable bonds is 8. The van der Waals surface area contributed by atoms with Gasteiger partial charge in [-0.2, -0.15) is 0 Å². The van der Waals surface area contributed by atoms with Gasteiger partial charge in [0, 0.05) is 0 Å². The molecule has 0 heterocycles. The summed E-state index contributed by atoms with van der Waals surface area (Å²) in [4.78, 5) is 0. The Labute approximate surface area is 142 Å². The molecule has 2 unspecified atom stereocenters. The molecule has 23 heavy (non-hydrogen) atoms. The molecule has 0 fully saturated rings. The molecule has 1 nitrogen and oxygen atoms in total. The first kappa shape index (κ1) is 17.7. The van der Waals surface area contributed by atoms with Crippen LogP contribution in [0.3, 0.4) is 0 Å². The lowest BCUT2D eigenvalue weighted by Gasteiger charge is -2.39. The Morgan fingerprint density at radius 2 is 1.09 bits per heavy atom. The number of hydrogen-bond acceptors (Lipinski definition) is 1. The van der Waals surface area contributed by atoms with Crippen molar-refractivity contribution in [3.8, 4) is 0 Å². The molecule has 0 aliphatic rings. The molecule has 0 N–H and O–H groups in total. The van der Waals surface area contributed by atoms with Gasteiger partial charge in [-0.1, -0.05) is 85.9 Å². The number of hydrogen-bond donors (Lipinski definition) is 0. The van der Waals surface area contributed by atoms with Crippen LogP contribution in [0.25, 0.3) is 0 Å². The van der Waals surface area contributed by atoms with Gasteiger partial charge in [-0.25, -0.2) is 0 Å². The third-order valence-corrected chi connectivity index (χ3v) is 13.6. The van der Waals surface area contributed by atoms with E-state index in [1.54, 1.807) is 0 Å². The zero-order valence-electron chi connectivity index (χ0n) is 14.2. The molecular weight excluding hydrogens is 312 g/mol. The monoisotopic (exact) mass is 338 g/mol. The molecule has 0 aliphatic carbocycles. The summed E-state index contributed by atoms with van der Waals surface area (Å²) in [7, 11) is -4.45. The summed E-state index contributed by atoms with van der Waals surface area (Å²) in [6.45, 7) is 12.7. The van der Waals surface area contributed by atoms with Crippen LogP contribution in [0.5, 0.6) is 0 Å². The molecule has 3 heteroatoms. The zero-order chi connectivity index (χ0) is 16.8. The van der Waals surface area contributed by atoms with Crippen LogP contribution in [0.4, 0.5) is 0 Å². The highest BCUT2D eigenvalue weighted by Gasteiger charge is 2.42. The first-order chi connectivity index (χ1) is 11.2. The van der Waals surface area contributed by atoms with Gasteiger partial charge in [0.25, 0.3) is 0 Å². The Morgan fingerprint density at radius 3 is 1.35 bits per heavy atom. The third-order valence-electron chi connectivity index (χ3n) is 4.60. The summed E-state index contributed by atoms with van der Waals surface area (Å²) in [5.74, 6) is 0. The van der Waals surface area contributed by atoms with E-state index in [2.05, 4.69) is 99.1 Å². The van der Waals surface area contributed by atoms with Crippen LogP contribution in [0.2, 0.25) is 12.1 Å². The lowest BCUT2D eigenvalue weighted by Crippen LogP contribution is -2.61. The summed E-state index contributed by atoms with van der Waals surface area (Å²) < 4.78 is 7.04. The minimum absolute atomic E-state index is 0.982. The van der Waals surface area contributed by atoms with E-state index in [1.165, 1.54) is 10.4 Å². The largest absolute Gasteiger partial charge is 0.442 e. The van der Waals surface area contributed by atoms with Crippen LogP contribution < -0.4 is 10.4 Å². The fraction of sp³-hybridized carbons (Fsp3) is 0.200. The van der Waals surface area contributed by atoms with Crippen molar-refractivity contribution in [3.63, 3.8) is 0 Å². The molecule has 120 valence electrons. The van der Waals surface area contributed by atoms with Gasteiger partial charge in [0.1, 0.15) is 0 Å². The van der Waals surface area contributed by atoms with Gasteiger partial charge in [0.15, 0.2) is 0 Å². The van der Waals surface area contributed by atoms with E-state index in [1.807, 2.05) is 0 Å². The second-order valence-corrected chi connectivity index (χ2v) is 13.5. The third kappa shape index (κ3) is 3.47. The second-order valence-electron chi connectivity index (χ2n) is 5.73. The van der Waals surface area contributed by atoms with Crippen molar-refractivity contribution >= 4 is 27.0 Å². The Kier molecular flexibility index (Phi) is 5.94. The van der Waals surface area contributed by atoms with Gasteiger partial charge in [-0.05, 0) is 22.5 Å². The van der Waals surface area contributed by atoms with E-state index >= 15 is 0 Å². The Morgan fingerprint density at radius 1 is 0.739 bits per heavy atom. The molecule has 0 bridgehead atoms. The minimum atomic E-state index is -2.23. The van der Waals surface area contributed by atoms with E-state index in [-0.39, 0.29) is 0 Å². The lowest BCUT2D eigenvalue weighted by molar-refractivity contribution is 0.568. The molecule has 0 amide bonds. The van der Waals surface area contributed by atoms with Gasteiger partial charge >= 0.3 is 0 Å². The van der Waals surface area contributed by atoms with Crippen molar-refractivity contribution in [1.82, 2.24) is 0 Å². The van der Waals surface area contributed by atoms with Crippen molar-refractivity contribution in [1.29, 1.82) is 0 Å². The highest BCUT2D eigenvalue weighted by Crippen LogP contribution is 2.23. The maximum atomic E-state index is 7.04. The maximum Gasteiger partial charge on any atom is 0.237 e. The Balaban J connectivity index is 2.52. The van der Waals surface area contributed by atoms with E-state index < -0.39 is 16.6 Å². The van der Waals surface area contributed by atoms with Gasteiger partial charge in [0.05, 0.1) is 0 Å². The van der Waals surface area contributed by atoms with E-state index in [0.29, 0.717) is 0 Å². The van der Waals surface area contributed by atoms with E-state index in [0.717, 1.165) is 12.1 Å². The van der Waals surface area contributed by atoms with E-state index in [9.17, 15) is 0 Å². The van der Waals surface area contributed by atoms with Crippen molar-refractivity contribution in [3.05, 3.63) is 85.2 Å². The quantitative estimate of drug-likeness (QED) is 0.656. The Bertz CT molecular complexity index is 584. The summed E-state index contributed by atoms with van der Waals surface area (Å²) in [5, 5.41) is 2.58. The summed E-state index contributed by atoms with van der Waals surface area (Å²) >= 11 is 0. The molecule has 0 spiro atoms. The predicted molar refractivity (Wildman–Crippen MR) is 106 cm³/mol. The standard InChI is InChI=1S/C20H26OSi2/c1-5-22(6-2,19-15-11-9-12-16-19)21-23(7-3,8-4)20-17-13-10-14-18-20/h5,7,9-18H,1,3,6,8H2,2,4H3. The summed E-state index contributed by atoms with van der Waals surface area (Å²) in [6, 6.07) is 23.1. The SMILES string of the molecule is C=C[Si](CC)(O[Si](C=C)(CC)c1ccccc1)c1ccccc1. The van der Waals surface area contributed by atoms with Crippen LogP contribution >= 0.6 is 0 Å². The first-order valence-electron chi connectivity index (χ1n) is 8.24. The normalized spacial score (nSPS) is 16.1. The lowest BCUT2D eigenvalue weighted by atomic mass is 10.4. The van der Waals surface area contributed by atoms with Crippen LogP contribution in [0, 0.1) is 0 Å². The van der Waals surface area contributed by atoms with E-state index in [4.69, 9.17) is 4.12 Å². The molecule has 2 rings (SSSR count). The molecule has 2 aromatic rings. The molecule has 0 saturated heterocycles. The highest BCUT2D eigenvalue weighted by molar-refractivity contribution is 7.02. The van der Waals surface area contributed by atoms with Crippen LogP contribution in [-0.4, -0.2) is 16.6 Å². The van der Waals surface area contributed by atoms with Gasteiger partial charge < -0.3 is 4.12 Å². The second kappa shape index (κ2) is 7.73. The Hall–Kier alpha value is -1.69. The van der Waals surface area contributed by atoms with Gasteiger partial charge in [0.2, 0.25) is 16.6 Å². The topological polar surface area (TPSA) is 9.23 Å². The molecule has 0 radical (unpaired) electrons. The minimum Gasteiger partial charge on any atom is -0.442 e. The molecule has 0 saturated carbocycles. The first-order valence-corrected chi connectivity index (χ1v) is 12.6. The van der Waals surface area contributed by atoms with Crippen molar-refractivity contribution in [2.75, 3.05) is 0 Å². The predicted octanol–water partition coefficient (Wildman–Crippen LogP) is 4.20. The molecule has 0 aromatic heterocycles. The van der Waals surface area contributed by atoms with Crippen molar-refractivity contribution in [2.24, 2.45) is 0 Å². The highest BCUT2D eigenvalue weighted by atomic mass is 28.4. The van der Waals surface area contributed by atoms with Crippen LogP contribution in [0.15, 0.2) is 85.2 Å². The number of benzene rings is 2. The smallest absolute Gasteiger partial charge is 0.237 e. The average Bonchev–Trinajstić information content (AvgIpc) is 2.65. The summed E-state index contributed by atoms with van der Waals surface area (Å²) in [6.07, 6.45) is 0. The van der Waals surface area contributed by atoms with Crippen molar-refractivity contribution in [2.45, 2.75) is 25.9 Å².